The van der Waals surface area contributed by atoms with Crippen LogP contribution in [0, 0.1) is 0 Å². The second kappa shape index (κ2) is 9.84. The molecular weight excluding hydrogens is 344 g/mol. The minimum atomic E-state index is -0.280. The Morgan fingerprint density at radius 1 is 0.960 bits per heavy atom. The maximum absolute atomic E-state index is 12.7. The van der Waals surface area contributed by atoms with Gasteiger partial charge in [-0.15, -0.1) is 0 Å². The van der Waals surface area contributed by atoms with Gasteiger partial charge in [0.15, 0.2) is 19.4 Å². The van der Waals surface area contributed by atoms with Crippen LogP contribution in [-0.4, -0.2) is 33.6 Å². The Morgan fingerprint density at radius 2 is 1.56 bits per heavy atom. The van der Waals surface area contributed by atoms with E-state index in [0.717, 1.165) is 5.56 Å². The molecule has 5 nitrogen and oxygen atoms in total. The molecule has 0 aliphatic carbocycles. The first-order valence-electron chi connectivity index (χ1n) is 7.50. The number of methoxy groups -OCH3 is 2. The number of hydrogen-bond acceptors (Lipinski definition) is 5. The van der Waals surface area contributed by atoms with Crippen LogP contribution in [0.4, 0.5) is 0 Å². The number of allylic oxidation sites excluding steroid dienone is 1. The summed E-state index contributed by atoms with van der Waals surface area (Å²) in [5.41, 5.74) is 1.03. The molecule has 0 bridgehead atoms. The first kappa shape index (κ1) is 19.0. The summed E-state index contributed by atoms with van der Waals surface area (Å²) < 4.78 is 20.8. The van der Waals surface area contributed by atoms with E-state index in [9.17, 15) is 4.79 Å². The van der Waals surface area contributed by atoms with Crippen molar-refractivity contribution in [3.05, 3.63) is 64.7 Å². The monoisotopic (exact) mass is 362 g/mol. The highest BCUT2D eigenvalue weighted by molar-refractivity contribution is 6.32. The second-order valence-electron chi connectivity index (χ2n) is 4.95. The fourth-order valence-electron chi connectivity index (χ4n) is 2.10. The number of ether oxygens (including phenoxy) is 4. The zero-order chi connectivity index (χ0) is 18.1. The van der Waals surface area contributed by atoms with Crippen molar-refractivity contribution >= 4 is 23.5 Å². The highest BCUT2D eigenvalue weighted by Crippen LogP contribution is 2.30. The molecule has 0 aliphatic rings. The minimum Gasteiger partial charge on any atom is -0.467 e. The van der Waals surface area contributed by atoms with Gasteiger partial charge in [0.1, 0.15) is 17.1 Å². The predicted molar refractivity (Wildman–Crippen MR) is 96.3 cm³/mol. The summed E-state index contributed by atoms with van der Waals surface area (Å²) in [5.74, 6) is 0.450. The molecule has 0 saturated carbocycles. The molecule has 2 rings (SSSR count). The van der Waals surface area contributed by atoms with Gasteiger partial charge in [0.25, 0.3) is 0 Å². The van der Waals surface area contributed by atoms with E-state index in [1.165, 1.54) is 20.3 Å². The van der Waals surface area contributed by atoms with Crippen molar-refractivity contribution in [2.45, 2.75) is 0 Å². The Bertz CT molecular complexity index is 716. The molecule has 132 valence electrons. The Hall–Kier alpha value is -2.34. The Kier molecular flexibility index (Phi) is 7.47. The summed E-state index contributed by atoms with van der Waals surface area (Å²) in [6.07, 6.45) is 3.08. The third-order valence-electron chi connectivity index (χ3n) is 3.22. The topological polar surface area (TPSA) is 54.0 Å². The largest absolute Gasteiger partial charge is 0.467 e. The Labute approximate surface area is 151 Å². The fourth-order valence-corrected chi connectivity index (χ4v) is 2.30. The van der Waals surface area contributed by atoms with Crippen LogP contribution in [0.3, 0.4) is 0 Å². The molecule has 0 heterocycles. The number of hydrogen-bond donors (Lipinski definition) is 0. The molecule has 0 N–H and O–H groups in total. The molecule has 2 aromatic carbocycles. The molecule has 0 fully saturated rings. The molecule has 25 heavy (non-hydrogen) atoms. The first-order chi connectivity index (χ1) is 12.2. The molecule has 0 aliphatic heterocycles. The van der Waals surface area contributed by atoms with Gasteiger partial charge in [0.05, 0.1) is 0 Å². The maximum atomic E-state index is 12.7. The summed E-state index contributed by atoms with van der Waals surface area (Å²) in [6.45, 7) is 0.0322. The van der Waals surface area contributed by atoms with Crippen LogP contribution in [0.2, 0.25) is 5.02 Å². The van der Waals surface area contributed by atoms with Crippen molar-refractivity contribution < 1.29 is 23.7 Å². The second-order valence-corrected chi connectivity index (χ2v) is 5.36. The molecule has 0 saturated heterocycles. The third-order valence-corrected chi connectivity index (χ3v) is 3.56. The van der Waals surface area contributed by atoms with E-state index in [1.54, 1.807) is 30.3 Å². The normalized spacial score (nSPS) is 10.8. The Morgan fingerprint density at radius 3 is 2.12 bits per heavy atom. The van der Waals surface area contributed by atoms with Crippen LogP contribution < -0.4 is 9.47 Å². The lowest BCUT2D eigenvalue weighted by molar-refractivity contribution is 0.0447. The summed E-state index contributed by atoms with van der Waals surface area (Å²) in [7, 11) is 3.01. The van der Waals surface area contributed by atoms with Gasteiger partial charge in [-0.1, -0.05) is 35.9 Å². The fraction of sp³-hybridized carbons (Fsp3) is 0.211. The molecule has 6 heteroatoms. The van der Waals surface area contributed by atoms with Crippen molar-refractivity contribution in [2.24, 2.45) is 0 Å². The van der Waals surface area contributed by atoms with E-state index in [1.807, 2.05) is 18.2 Å². The quantitative estimate of drug-likeness (QED) is 0.380. The SMILES string of the molecule is COCOc1cccc(OCOC)c1C(=O)/C=C/c1ccccc1Cl. The van der Waals surface area contributed by atoms with Crippen LogP contribution in [0.25, 0.3) is 6.08 Å². The zero-order valence-corrected chi connectivity index (χ0v) is 14.8. The predicted octanol–water partition coefficient (Wildman–Crippen LogP) is 4.20. The van der Waals surface area contributed by atoms with Gasteiger partial charge in [0.2, 0.25) is 0 Å². The van der Waals surface area contributed by atoms with Gasteiger partial charge < -0.3 is 18.9 Å². The highest BCUT2D eigenvalue weighted by Gasteiger charge is 2.17. The first-order valence-corrected chi connectivity index (χ1v) is 7.88. The molecule has 0 radical (unpaired) electrons. The van der Waals surface area contributed by atoms with Gasteiger partial charge in [-0.3, -0.25) is 4.79 Å². The van der Waals surface area contributed by atoms with Crippen molar-refractivity contribution in [1.82, 2.24) is 0 Å². The molecule has 0 unspecified atom stereocenters. The van der Waals surface area contributed by atoms with Crippen LogP contribution in [0.15, 0.2) is 48.5 Å². The molecule has 0 atom stereocenters. The highest BCUT2D eigenvalue weighted by atomic mass is 35.5. The average Bonchev–Trinajstić information content (AvgIpc) is 2.63. The van der Waals surface area contributed by atoms with Gasteiger partial charge in [0, 0.05) is 19.2 Å². The van der Waals surface area contributed by atoms with Gasteiger partial charge in [-0.05, 0) is 35.9 Å². The Balaban J connectivity index is 2.33. The number of ketones is 1. The lowest BCUT2D eigenvalue weighted by Crippen LogP contribution is -2.09. The van der Waals surface area contributed by atoms with Gasteiger partial charge in [-0.2, -0.15) is 0 Å². The lowest BCUT2D eigenvalue weighted by atomic mass is 10.1. The van der Waals surface area contributed by atoms with Crippen LogP contribution in [0.1, 0.15) is 15.9 Å². The van der Waals surface area contributed by atoms with Crippen molar-refractivity contribution in [2.75, 3.05) is 27.8 Å². The van der Waals surface area contributed by atoms with Crippen LogP contribution >= 0.6 is 11.6 Å². The maximum Gasteiger partial charge on any atom is 0.193 e. The smallest absolute Gasteiger partial charge is 0.193 e. The molecule has 0 amide bonds. The summed E-state index contributed by atoms with van der Waals surface area (Å²) in [6, 6.07) is 12.3. The summed E-state index contributed by atoms with van der Waals surface area (Å²) in [4.78, 5) is 12.7. The third kappa shape index (κ3) is 5.32. The van der Waals surface area contributed by atoms with E-state index in [4.69, 9.17) is 30.5 Å². The standard InChI is InChI=1S/C19H19ClO5/c1-22-12-24-17-8-5-9-18(25-13-23-2)19(17)16(21)11-10-14-6-3-4-7-15(14)20/h3-11H,12-13H2,1-2H3/b11-10+. The summed E-state index contributed by atoms with van der Waals surface area (Å²) in [5, 5.41) is 0.561. The number of rotatable bonds is 9. The lowest BCUT2D eigenvalue weighted by Gasteiger charge is -2.13. The average molecular weight is 363 g/mol. The minimum absolute atomic E-state index is 0.0161. The van der Waals surface area contributed by atoms with Gasteiger partial charge in [-0.25, -0.2) is 0 Å². The molecule has 0 spiro atoms. The zero-order valence-electron chi connectivity index (χ0n) is 14.0. The number of halogens is 1. The van der Waals surface area contributed by atoms with E-state index in [2.05, 4.69) is 0 Å². The van der Waals surface area contributed by atoms with E-state index >= 15 is 0 Å². The summed E-state index contributed by atoms with van der Waals surface area (Å²) >= 11 is 6.11. The number of benzene rings is 2. The van der Waals surface area contributed by atoms with E-state index in [0.29, 0.717) is 22.1 Å². The van der Waals surface area contributed by atoms with Crippen molar-refractivity contribution in [3.63, 3.8) is 0 Å². The van der Waals surface area contributed by atoms with Crippen molar-refractivity contribution in [1.29, 1.82) is 0 Å². The van der Waals surface area contributed by atoms with Crippen LogP contribution in [-0.2, 0) is 9.47 Å². The number of carbonyl (C=O) groups excluding carboxylic acids is 1. The molecule has 2 aromatic rings. The number of carbonyl (C=O) groups is 1. The van der Waals surface area contributed by atoms with Crippen molar-refractivity contribution in [3.8, 4) is 11.5 Å². The molecular formula is C19H19ClO5. The van der Waals surface area contributed by atoms with E-state index < -0.39 is 0 Å². The van der Waals surface area contributed by atoms with Crippen LogP contribution in [0.5, 0.6) is 11.5 Å². The van der Waals surface area contributed by atoms with E-state index in [-0.39, 0.29) is 19.4 Å². The molecule has 0 aromatic heterocycles. The van der Waals surface area contributed by atoms with Gasteiger partial charge >= 0.3 is 0 Å².